The van der Waals surface area contributed by atoms with Crippen molar-refractivity contribution in [2.24, 2.45) is 0 Å². The first-order chi connectivity index (χ1) is 9.43. The first-order valence-corrected chi connectivity index (χ1v) is 6.15. The molecule has 0 aliphatic heterocycles. The molecule has 0 bridgehead atoms. The maximum atomic E-state index is 5.87. The van der Waals surface area contributed by atoms with Crippen molar-refractivity contribution in [3.05, 3.63) is 67.0 Å². The van der Waals surface area contributed by atoms with Crippen molar-refractivity contribution in [3.63, 3.8) is 0 Å². The topological polar surface area (TPSA) is 26.0 Å². The Bertz CT molecular complexity index is 862. The van der Waals surface area contributed by atoms with Crippen molar-refractivity contribution in [3.8, 4) is 11.1 Å². The molecule has 1 radical (unpaired) electrons. The van der Waals surface area contributed by atoms with Gasteiger partial charge in [0.1, 0.15) is 11.2 Å². The van der Waals surface area contributed by atoms with E-state index in [-0.39, 0.29) is 0 Å². The lowest BCUT2D eigenvalue weighted by molar-refractivity contribution is 0.669. The summed E-state index contributed by atoms with van der Waals surface area (Å²) < 4.78 is 5.87. The van der Waals surface area contributed by atoms with Gasteiger partial charge in [0.05, 0.1) is 0 Å². The second-order valence-electron chi connectivity index (χ2n) is 4.44. The third-order valence-electron chi connectivity index (χ3n) is 3.33. The van der Waals surface area contributed by atoms with Crippen LogP contribution >= 0.6 is 0 Å². The van der Waals surface area contributed by atoms with E-state index >= 15 is 0 Å². The molecule has 0 saturated heterocycles. The Balaban J connectivity index is 2.17. The van der Waals surface area contributed by atoms with Gasteiger partial charge in [-0.15, -0.1) is 0 Å². The van der Waals surface area contributed by atoms with E-state index in [1.807, 2.05) is 54.9 Å². The molecule has 0 aliphatic rings. The third kappa shape index (κ3) is 1.54. The van der Waals surface area contributed by atoms with Crippen molar-refractivity contribution >= 4 is 21.9 Å². The Morgan fingerprint density at radius 1 is 0.947 bits per heavy atom. The Labute approximate surface area is 110 Å². The molecule has 0 saturated carbocycles. The largest absolute Gasteiger partial charge is 0.456 e. The van der Waals surface area contributed by atoms with Gasteiger partial charge in [-0.3, -0.25) is 4.98 Å². The first kappa shape index (κ1) is 10.3. The smallest absolute Gasteiger partial charge is 0.136 e. The van der Waals surface area contributed by atoms with Gasteiger partial charge in [0, 0.05) is 23.2 Å². The predicted octanol–water partition coefficient (Wildman–Crippen LogP) is 4.45. The highest BCUT2D eigenvalue weighted by Gasteiger charge is 2.11. The third-order valence-corrected chi connectivity index (χ3v) is 3.33. The number of aromatic nitrogens is 1. The average Bonchev–Trinajstić information content (AvgIpc) is 2.86. The molecule has 0 spiro atoms. The zero-order chi connectivity index (χ0) is 12.7. The van der Waals surface area contributed by atoms with Crippen LogP contribution in [0.5, 0.6) is 0 Å². The Morgan fingerprint density at radius 3 is 2.74 bits per heavy atom. The molecule has 2 heterocycles. The van der Waals surface area contributed by atoms with Crippen LogP contribution in [0.4, 0.5) is 0 Å². The van der Waals surface area contributed by atoms with Crippen molar-refractivity contribution in [1.82, 2.24) is 4.98 Å². The van der Waals surface area contributed by atoms with Crippen LogP contribution in [-0.4, -0.2) is 4.98 Å². The summed E-state index contributed by atoms with van der Waals surface area (Å²) in [4.78, 5) is 4.07. The molecule has 2 aromatic heterocycles. The molecule has 4 rings (SSSR count). The first-order valence-electron chi connectivity index (χ1n) is 6.15. The Morgan fingerprint density at radius 2 is 1.84 bits per heavy atom. The van der Waals surface area contributed by atoms with Crippen molar-refractivity contribution < 1.29 is 4.42 Å². The summed E-state index contributed by atoms with van der Waals surface area (Å²) in [6, 6.07) is 19.1. The highest BCUT2D eigenvalue weighted by atomic mass is 16.3. The molecular formula is C17H10NO. The van der Waals surface area contributed by atoms with Crippen LogP contribution in [0.3, 0.4) is 0 Å². The highest BCUT2D eigenvalue weighted by Crippen LogP contribution is 2.35. The van der Waals surface area contributed by atoms with Crippen LogP contribution in [-0.2, 0) is 0 Å². The number of hydrogen-bond acceptors (Lipinski definition) is 2. The molecule has 2 aromatic carbocycles. The average molecular weight is 244 g/mol. The minimum absolute atomic E-state index is 0.874. The zero-order valence-corrected chi connectivity index (χ0v) is 10.1. The standard InChI is InChI=1S/C17H10NO/c1-2-6-15-14(4-1)17-13(5-3-7-16(17)19-15)12-8-10-18-11-9-12/h1,3-11H. The lowest BCUT2D eigenvalue weighted by atomic mass is 10.0. The number of pyridine rings is 1. The molecule has 2 nitrogen and oxygen atoms in total. The van der Waals surface area contributed by atoms with Crippen LogP contribution in [0.2, 0.25) is 0 Å². The van der Waals surface area contributed by atoms with Crippen molar-refractivity contribution in [2.75, 3.05) is 0 Å². The van der Waals surface area contributed by atoms with Crippen LogP contribution < -0.4 is 0 Å². The second-order valence-corrected chi connectivity index (χ2v) is 4.44. The van der Waals surface area contributed by atoms with E-state index in [0.29, 0.717) is 0 Å². The highest BCUT2D eigenvalue weighted by molar-refractivity contribution is 6.12. The minimum atomic E-state index is 0.874. The fraction of sp³-hybridized carbons (Fsp3) is 0. The summed E-state index contributed by atoms with van der Waals surface area (Å²) in [5.74, 6) is 0. The van der Waals surface area contributed by atoms with Crippen LogP contribution in [0.1, 0.15) is 0 Å². The van der Waals surface area contributed by atoms with Gasteiger partial charge in [-0.2, -0.15) is 0 Å². The van der Waals surface area contributed by atoms with E-state index < -0.39 is 0 Å². The van der Waals surface area contributed by atoms with Crippen molar-refractivity contribution in [1.29, 1.82) is 0 Å². The van der Waals surface area contributed by atoms with E-state index in [1.54, 1.807) is 0 Å². The van der Waals surface area contributed by atoms with E-state index in [9.17, 15) is 0 Å². The number of nitrogens with zero attached hydrogens (tertiary/aromatic N) is 1. The summed E-state index contributed by atoms with van der Waals surface area (Å²) >= 11 is 0. The van der Waals surface area contributed by atoms with Gasteiger partial charge in [0.25, 0.3) is 0 Å². The molecule has 0 amide bonds. The molecule has 0 N–H and O–H groups in total. The Hall–Kier alpha value is -2.61. The number of fused-ring (bicyclic) bond motifs is 3. The lowest BCUT2D eigenvalue weighted by Gasteiger charge is -2.02. The maximum Gasteiger partial charge on any atom is 0.136 e. The summed E-state index contributed by atoms with van der Waals surface area (Å²) in [5, 5.41) is 2.28. The quantitative estimate of drug-likeness (QED) is 0.494. The minimum Gasteiger partial charge on any atom is -0.456 e. The van der Waals surface area contributed by atoms with E-state index in [2.05, 4.69) is 17.1 Å². The van der Waals surface area contributed by atoms with Gasteiger partial charge < -0.3 is 4.42 Å². The van der Waals surface area contributed by atoms with E-state index in [4.69, 9.17) is 4.42 Å². The van der Waals surface area contributed by atoms with Gasteiger partial charge in [-0.25, -0.2) is 0 Å². The monoisotopic (exact) mass is 244 g/mol. The molecule has 2 heteroatoms. The van der Waals surface area contributed by atoms with Gasteiger partial charge in [0.15, 0.2) is 0 Å². The number of benzene rings is 2. The van der Waals surface area contributed by atoms with E-state index in [1.165, 1.54) is 5.56 Å². The molecule has 0 atom stereocenters. The summed E-state index contributed by atoms with van der Waals surface area (Å²) in [6.45, 7) is 0. The molecular weight excluding hydrogens is 234 g/mol. The molecule has 0 aliphatic carbocycles. The Kier molecular flexibility index (Phi) is 2.15. The zero-order valence-electron chi connectivity index (χ0n) is 10.1. The van der Waals surface area contributed by atoms with Gasteiger partial charge in [-0.1, -0.05) is 18.2 Å². The maximum absolute atomic E-state index is 5.87. The summed E-state index contributed by atoms with van der Waals surface area (Å²) in [7, 11) is 0. The van der Waals surface area contributed by atoms with Gasteiger partial charge in [-0.05, 0) is 47.5 Å². The molecule has 19 heavy (non-hydrogen) atoms. The lowest BCUT2D eigenvalue weighted by Crippen LogP contribution is -1.79. The SMILES string of the molecule is [c]1ccc2c(c1)oc1cccc(-c3ccncc3)c12. The van der Waals surface area contributed by atoms with Crippen LogP contribution in [0, 0.1) is 6.07 Å². The molecule has 0 unspecified atom stereocenters. The number of rotatable bonds is 1. The fourth-order valence-electron chi connectivity index (χ4n) is 2.49. The van der Waals surface area contributed by atoms with Crippen LogP contribution in [0.15, 0.2) is 65.3 Å². The summed E-state index contributed by atoms with van der Waals surface area (Å²) in [6.07, 6.45) is 3.62. The van der Waals surface area contributed by atoms with Gasteiger partial charge >= 0.3 is 0 Å². The molecule has 4 aromatic rings. The van der Waals surface area contributed by atoms with E-state index in [0.717, 1.165) is 27.5 Å². The predicted molar refractivity (Wildman–Crippen MR) is 75.8 cm³/mol. The number of hydrogen-bond donors (Lipinski definition) is 0. The normalized spacial score (nSPS) is 11.2. The molecule has 89 valence electrons. The van der Waals surface area contributed by atoms with Gasteiger partial charge in [0.2, 0.25) is 0 Å². The van der Waals surface area contributed by atoms with Crippen LogP contribution in [0.25, 0.3) is 33.1 Å². The summed E-state index contributed by atoms with van der Waals surface area (Å²) in [5.41, 5.74) is 4.10. The van der Waals surface area contributed by atoms with Crippen molar-refractivity contribution in [2.45, 2.75) is 0 Å². The fourth-order valence-corrected chi connectivity index (χ4v) is 2.49. The molecule has 0 fully saturated rings. The number of furan rings is 1. The second kappa shape index (κ2) is 3.95.